The Bertz CT molecular complexity index is 615. The summed E-state index contributed by atoms with van der Waals surface area (Å²) in [4.78, 5) is 10.4. The van der Waals surface area contributed by atoms with Gasteiger partial charge in [-0.05, 0) is 18.2 Å². The van der Waals surface area contributed by atoms with Crippen molar-refractivity contribution in [3.63, 3.8) is 0 Å². The van der Waals surface area contributed by atoms with Crippen LogP contribution < -0.4 is 0 Å². The van der Waals surface area contributed by atoms with Crippen molar-refractivity contribution in [1.29, 1.82) is 5.26 Å². The van der Waals surface area contributed by atoms with Crippen LogP contribution in [0, 0.1) is 27.5 Å². The highest BCUT2D eigenvalue weighted by Gasteiger charge is 2.16. The molecule has 0 aromatic heterocycles. The standard InChI is InChI=1S/C13H7N2O2/c14-9-10-5-1-2-6-11(10)12-7-3-4-8-13(12)15(16)17/h1-7H. The molecular weight excluding hydrogens is 216 g/mol. The summed E-state index contributed by atoms with van der Waals surface area (Å²) >= 11 is 0. The van der Waals surface area contributed by atoms with Crippen LogP contribution in [-0.4, -0.2) is 4.92 Å². The number of hydrogen-bond acceptors (Lipinski definition) is 3. The number of nitriles is 1. The van der Waals surface area contributed by atoms with Crippen LogP contribution in [0.2, 0.25) is 0 Å². The van der Waals surface area contributed by atoms with E-state index in [-0.39, 0.29) is 5.69 Å². The van der Waals surface area contributed by atoms with Crippen LogP contribution in [0.1, 0.15) is 5.56 Å². The van der Waals surface area contributed by atoms with Gasteiger partial charge in [0.1, 0.15) is 0 Å². The number of hydrogen-bond donors (Lipinski definition) is 0. The van der Waals surface area contributed by atoms with Gasteiger partial charge in [-0.2, -0.15) is 5.26 Å². The zero-order valence-electron chi connectivity index (χ0n) is 8.75. The SMILES string of the molecule is N#Cc1ccccc1-c1ccc[c]c1[N+](=O)[O-]. The van der Waals surface area contributed by atoms with Gasteiger partial charge in [0, 0.05) is 5.56 Å². The van der Waals surface area contributed by atoms with Crippen LogP contribution in [0.5, 0.6) is 0 Å². The minimum atomic E-state index is -0.497. The van der Waals surface area contributed by atoms with Crippen LogP contribution in [0.15, 0.2) is 42.5 Å². The minimum Gasteiger partial charge on any atom is -0.258 e. The maximum atomic E-state index is 10.9. The van der Waals surface area contributed by atoms with E-state index in [1.54, 1.807) is 36.4 Å². The van der Waals surface area contributed by atoms with E-state index in [9.17, 15) is 10.1 Å². The molecule has 0 atom stereocenters. The lowest BCUT2D eigenvalue weighted by molar-refractivity contribution is -0.384. The molecule has 4 nitrogen and oxygen atoms in total. The maximum absolute atomic E-state index is 10.9. The summed E-state index contributed by atoms with van der Waals surface area (Å²) in [5.74, 6) is 0. The molecule has 0 saturated heterocycles. The van der Waals surface area contributed by atoms with Gasteiger partial charge in [-0.15, -0.1) is 0 Å². The van der Waals surface area contributed by atoms with E-state index in [2.05, 4.69) is 6.07 Å². The number of nitro groups is 1. The highest BCUT2D eigenvalue weighted by molar-refractivity contribution is 5.77. The summed E-state index contributed by atoms with van der Waals surface area (Å²) in [5.41, 5.74) is 1.26. The summed E-state index contributed by atoms with van der Waals surface area (Å²) in [5, 5.41) is 19.9. The molecule has 81 valence electrons. The normalized spacial score (nSPS) is 9.59. The van der Waals surface area contributed by atoms with E-state index >= 15 is 0 Å². The molecule has 0 aliphatic heterocycles. The fourth-order valence-corrected chi connectivity index (χ4v) is 1.61. The van der Waals surface area contributed by atoms with Gasteiger partial charge in [-0.3, -0.25) is 10.1 Å². The fraction of sp³-hybridized carbons (Fsp3) is 0. The van der Waals surface area contributed by atoms with Gasteiger partial charge in [-0.25, -0.2) is 0 Å². The van der Waals surface area contributed by atoms with Gasteiger partial charge in [0.2, 0.25) is 0 Å². The fourth-order valence-electron chi connectivity index (χ4n) is 1.61. The van der Waals surface area contributed by atoms with Gasteiger partial charge < -0.3 is 0 Å². The first-order valence-electron chi connectivity index (χ1n) is 4.88. The second-order valence-corrected chi connectivity index (χ2v) is 3.35. The van der Waals surface area contributed by atoms with E-state index < -0.39 is 4.92 Å². The molecule has 2 aromatic rings. The molecule has 17 heavy (non-hydrogen) atoms. The second kappa shape index (κ2) is 4.45. The molecule has 0 saturated carbocycles. The van der Waals surface area contributed by atoms with E-state index in [4.69, 9.17) is 5.26 Å². The van der Waals surface area contributed by atoms with E-state index in [1.807, 2.05) is 6.07 Å². The summed E-state index contributed by atoms with van der Waals surface area (Å²) in [7, 11) is 0. The molecule has 1 radical (unpaired) electrons. The third kappa shape index (κ3) is 1.99. The quantitative estimate of drug-likeness (QED) is 0.580. The predicted octanol–water partition coefficient (Wildman–Crippen LogP) is 2.93. The topological polar surface area (TPSA) is 66.9 Å². The summed E-state index contributed by atoms with van der Waals surface area (Å²) in [6, 6.07) is 16.1. The Kier molecular flexibility index (Phi) is 2.84. The van der Waals surface area contributed by atoms with Crippen molar-refractivity contribution in [3.8, 4) is 17.2 Å². The van der Waals surface area contributed by atoms with E-state index in [1.165, 1.54) is 6.07 Å². The van der Waals surface area contributed by atoms with Crippen LogP contribution in [0.3, 0.4) is 0 Å². The number of para-hydroxylation sites is 1. The molecule has 0 fully saturated rings. The monoisotopic (exact) mass is 223 g/mol. The number of rotatable bonds is 2. The maximum Gasteiger partial charge on any atom is 0.285 e. The van der Waals surface area contributed by atoms with Crippen molar-refractivity contribution in [2.24, 2.45) is 0 Å². The molecule has 0 aliphatic carbocycles. The van der Waals surface area contributed by atoms with Crippen molar-refractivity contribution in [3.05, 3.63) is 64.2 Å². The molecule has 0 bridgehead atoms. The zero-order valence-corrected chi connectivity index (χ0v) is 8.75. The Hall–Kier alpha value is -2.67. The Labute approximate surface area is 97.9 Å². The minimum absolute atomic E-state index is 0.116. The van der Waals surface area contributed by atoms with Crippen molar-refractivity contribution < 1.29 is 4.92 Å². The first kappa shape index (κ1) is 10.8. The third-order valence-electron chi connectivity index (χ3n) is 2.35. The van der Waals surface area contributed by atoms with Crippen LogP contribution in [0.4, 0.5) is 5.69 Å². The van der Waals surface area contributed by atoms with E-state index in [0.717, 1.165) is 0 Å². The Morgan fingerprint density at radius 2 is 1.88 bits per heavy atom. The zero-order chi connectivity index (χ0) is 12.3. The third-order valence-corrected chi connectivity index (χ3v) is 2.35. The van der Waals surface area contributed by atoms with Gasteiger partial charge in [0.15, 0.2) is 0 Å². The van der Waals surface area contributed by atoms with Crippen LogP contribution in [-0.2, 0) is 0 Å². The summed E-state index contributed by atoms with van der Waals surface area (Å²) < 4.78 is 0. The summed E-state index contributed by atoms with van der Waals surface area (Å²) in [6.07, 6.45) is 0. The smallest absolute Gasteiger partial charge is 0.258 e. The molecule has 2 rings (SSSR count). The molecule has 2 aromatic carbocycles. The van der Waals surface area contributed by atoms with Crippen LogP contribution >= 0.6 is 0 Å². The average molecular weight is 223 g/mol. The molecule has 0 spiro atoms. The van der Waals surface area contributed by atoms with Crippen molar-refractivity contribution in [1.82, 2.24) is 0 Å². The predicted molar refractivity (Wildman–Crippen MR) is 62.1 cm³/mol. The van der Waals surface area contributed by atoms with Crippen LogP contribution in [0.25, 0.3) is 11.1 Å². The largest absolute Gasteiger partial charge is 0.285 e. The lowest BCUT2D eigenvalue weighted by Crippen LogP contribution is -1.93. The molecule has 0 amide bonds. The number of nitrogens with zero attached hydrogens (tertiary/aromatic N) is 2. The highest BCUT2D eigenvalue weighted by Crippen LogP contribution is 2.31. The van der Waals surface area contributed by atoms with E-state index in [0.29, 0.717) is 16.7 Å². The second-order valence-electron chi connectivity index (χ2n) is 3.35. The first-order chi connectivity index (χ1) is 8.24. The summed E-state index contributed by atoms with van der Waals surface area (Å²) in [6.45, 7) is 0. The lowest BCUT2D eigenvalue weighted by atomic mass is 9.99. The molecular formula is C13H7N2O2. The van der Waals surface area contributed by atoms with Crippen molar-refractivity contribution in [2.75, 3.05) is 0 Å². The van der Waals surface area contributed by atoms with Gasteiger partial charge in [-0.1, -0.05) is 24.3 Å². The molecule has 0 N–H and O–H groups in total. The first-order valence-corrected chi connectivity index (χ1v) is 4.88. The number of nitro benzene ring substituents is 1. The Morgan fingerprint density at radius 3 is 2.59 bits per heavy atom. The Morgan fingerprint density at radius 1 is 1.18 bits per heavy atom. The molecule has 0 unspecified atom stereocenters. The average Bonchev–Trinajstić information content (AvgIpc) is 2.38. The van der Waals surface area contributed by atoms with Gasteiger partial charge in [0.05, 0.1) is 28.2 Å². The van der Waals surface area contributed by atoms with Crippen molar-refractivity contribution >= 4 is 5.69 Å². The Balaban J connectivity index is 2.69. The molecule has 4 heteroatoms. The van der Waals surface area contributed by atoms with Gasteiger partial charge >= 0.3 is 0 Å². The lowest BCUT2D eigenvalue weighted by Gasteiger charge is -2.04. The van der Waals surface area contributed by atoms with Gasteiger partial charge in [0.25, 0.3) is 5.69 Å². The molecule has 0 heterocycles. The highest BCUT2D eigenvalue weighted by atomic mass is 16.6. The van der Waals surface area contributed by atoms with Crippen molar-refractivity contribution in [2.45, 2.75) is 0 Å². The molecule has 0 aliphatic rings. The number of benzene rings is 2.